The van der Waals surface area contributed by atoms with Crippen LogP contribution in [0, 0.1) is 0 Å². The minimum absolute atomic E-state index is 0.0747. The molecule has 8 heteroatoms. The standard InChI is InChI=1S/C15H22N2O5S/c1-11(2)17-23(21,22)13-8-6-12(7-9-13)15(20)16-10-4-3-5-14(18)19/h6-9,11,17H,3-5,10H2,1-2H3,(H,16,20)(H,18,19). The lowest BCUT2D eigenvalue weighted by molar-refractivity contribution is -0.137. The average molecular weight is 342 g/mol. The maximum absolute atomic E-state index is 12.0. The second kappa shape index (κ2) is 8.64. The fraction of sp³-hybridized carbons (Fsp3) is 0.467. The third kappa shape index (κ3) is 6.79. The first kappa shape index (κ1) is 19.1. The van der Waals surface area contributed by atoms with Crippen LogP contribution in [-0.4, -0.2) is 38.0 Å². The van der Waals surface area contributed by atoms with Crippen molar-refractivity contribution in [2.75, 3.05) is 6.54 Å². The Bertz CT molecular complexity index is 638. The molecule has 0 saturated carbocycles. The Morgan fingerprint density at radius 2 is 1.74 bits per heavy atom. The zero-order valence-electron chi connectivity index (χ0n) is 13.2. The Morgan fingerprint density at radius 3 is 2.26 bits per heavy atom. The summed E-state index contributed by atoms with van der Waals surface area (Å²) in [4.78, 5) is 22.3. The maximum Gasteiger partial charge on any atom is 0.303 e. The molecule has 0 spiro atoms. The zero-order chi connectivity index (χ0) is 17.5. The smallest absolute Gasteiger partial charge is 0.303 e. The number of nitrogens with one attached hydrogen (secondary N) is 2. The van der Waals surface area contributed by atoms with Crippen LogP contribution in [0.4, 0.5) is 0 Å². The summed E-state index contributed by atoms with van der Waals surface area (Å²) in [6, 6.07) is 5.44. The number of sulfonamides is 1. The van der Waals surface area contributed by atoms with E-state index < -0.39 is 16.0 Å². The van der Waals surface area contributed by atoms with E-state index in [1.54, 1.807) is 13.8 Å². The summed E-state index contributed by atoms with van der Waals surface area (Å²) in [6.07, 6.45) is 1.14. The highest BCUT2D eigenvalue weighted by atomic mass is 32.2. The fourth-order valence-corrected chi connectivity index (χ4v) is 3.12. The molecule has 0 aliphatic carbocycles. The number of carbonyl (C=O) groups excluding carboxylic acids is 1. The van der Waals surface area contributed by atoms with Crippen LogP contribution in [0.15, 0.2) is 29.2 Å². The van der Waals surface area contributed by atoms with Crippen LogP contribution in [-0.2, 0) is 14.8 Å². The van der Waals surface area contributed by atoms with Crippen molar-refractivity contribution >= 4 is 21.9 Å². The van der Waals surface area contributed by atoms with Crippen LogP contribution in [0.1, 0.15) is 43.5 Å². The Balaban J connectivity index is 2.56. The third-order valence-electron chi connectivity index (χ3n) is 2.92. The third-order valence-corrected chi connectivity index (χ3v) is 4.60. The van der Waals surface area contributed by atoms with Gasteiger partial charge in [0, 0.05) is 24.6 Å². The van der Waals surface area contributed by atoms with E-state index in [2.05, 4.69) is 10.0 Å². The topological polar surface area (TPSA) is 113 Å². The predicted molar refractivity (Wildman–Crippen MR) is 85.7 cm³/mol. The van der Waals surface area contributed by atoms with Crippen LogP contribution in [0.25, 0.3) is 0 Å². The van der Waals surface area contributed by atoms with Crippen molar-refractivity contribution in [2.45, 2.75) is 44.0 Å². The minimum Gasteiger partial charge on any atom is -0.481 e. The summed E-state index contributed by atoms with van der Waals surface area (Å²) in [6.45, 7) is 3.83. The number of rotatable bonds is 9. The lowest BCUT2D eigenvalue weighted by Crippen LogP contribution is -2.30. The Hall–Kier alpha value is -1.93. The van der Waals surface area contributed by atoms with Gasteiger partial charge in [-0.1, -0.05) is 0 Å². The SMILES string of the molecule is CC(C)NS(=O)(=O)c1ccc(C(=O)NCCCCC(=O)O)cc1. The molecule has 0 bridgehead atoms. The highest BCUT2D eigenvalue weighted by Crippen LogP contribution is 2.11. The van der Waals surface area contributed by atoms with Crippen molar-refractivity contribution < 1.29 is 23.1 Å². The number of hydrogen-bond donors (Lipinski definition) is 3. The first-order valence-electron chi connectivity index (χ1n) is 7.35. The van der Waals surface area contributed by atoms with E-state index in [4.69, 9.17) is 5.11 Å². The largest absolute Gasteiger partial charge is 0.481 e. The minimum atomic E-state index is -3.57. The highest BCUT2D eigenvalue weighted by molar-refractivity contribution is 7.89. The molecule has 1 rings (SSSR count). The van der Waals surface area contributed by atoms with Gasteiger partial charge in [0.15, 0.2) is 0 Å². The van der Waals surface area contributed by atoms with Crippen molar-refractivity contribution in [1.82, 2.24) is 10.0 Å². The van der Waals surface area contributed by atoms with Crippen molar-refractivity contribution in [1.29, 1.82) is 0 Å². The van der Waals surface area contributed by atoms with Crippen molar-refractivity contribution in [2.24, 2.45) is 0 Å². The van der Waals surface area contributed by atoms with Crippen molar-refractivity contribution in [3.05, 3.63) is 29.8 Å². The number of benzene rings is 1. The van der Waals surface area contributed by atoms with Crippen LogP contribution in [0.2, 0.25) is 0 Å². The van der Waals surface area contributed by atoms with Gasteiger partial charge in [0.1, 0.15) is 0 Å². The van der Waals surface area contributed by atoms with Crippen LogP contribution in [0.3, 0.4) is 0 Å². The van der Waals surface area contributed by atoms with Gasteiger partial charge in [-0.25, -0.2) is 13.1 Å². The first-order chi connectivity index (χ1) is 10.7. The summed E-state index contributed by atoms with van der Waals surface area (Å²) in [5, 5.41) is 11.2. The number of carboxylic acid groups (broad SMARTS) is 1. The van der Waals surface area contributed by atoms with Crippen LogP contribution >= 0.6 is 0 Å². The number of aliphatic carboxylic acids is 1. The number of carbonyl (C=O) groups is 2. The van der Waals surface area contributed by atoms with Gasteiger partial charge >= 0.3 is 5.97 Å². The predicted octanol–water partition coefficient (Wildman–Crippen LogP) is 1.36. The summed E-state index contributed by atoms with van der Waals surface area (Å²) in [5.74, 6) is -1.18. The monoisotopic (exact) mass is 342 g/mol. The molecule has 1 aromatic carbocycles. The lowest BCUT2D eigenvalue weighted by atomic mass is 10.2. The number of unbranched alkanes of at least 4 members (excludes halogenated alkanes) is 1. The Labute approximate surface area is 136 Å². The maximum atomic E-state index is 12.0. The van der Waals surface area contributed by atoms with Gasteiger partial charge in [-0.2, -0.15) is 0 Å². The van der Waals surface area contributed by atoms with Crippen molar-refractivity contribution in [3.63, 3.8) is 0 Å². The molecule has 0 heterocycles. The molecule has 23 heavy (non-hydrogen) atoms. The molecule has 1 amide bonds. The molecule has 0 saturated heterocycles. The molecule has 0 aliphatic heterocycles. The summed E-state index contributed by atoms with van der Waals surface area (Å²) in [5.41, 5.74) is 0.353. The summed E-state index contributed by atoms with van der Waals surface area (Å²) in [7, 11) is -3.57. The molecule has 0 radical (unpaired) electrons. The van der Waals surface area contributed by atoms with E-state index in [0.717, 1.165) is 0 Å². The number of carboxylic acids is 1. The Morgan fingerprint density at radius 1 is 1.13 bits per heavy atom. The summed E-state index contributed by atoms with van der Waals surface area (Å²) >= 11 is 0. The average Bonchev–Trinajstić information content (AvgIpc) is 2.45. The molecular weight excluding hydrogens is 320 g/mol. The highest BCUT2D eigenvalue weighted by Gasteiger charge is 2.15. The molecule has 0 aliphatic rings. The molecule has 0 aromatic heterocycles. The van der Waals surface area contributed by atoms with Gasteiger partial charge in [0.25, 0.3) is 5.91 Å². The van der Waals surface area contributed by atoms with Gasteiger partial charge in [-0.3, -0.25) is 9.59 Å². The van der Waals surface area contributed by atoms with Gasteiger partial charge < -0.3 is 10.4 Å². The second-order valence-corrected chi connectivity index (χ2v) is 7.12. The van der Waals surface area contributed by atoms with Crippen LogP contribution in [0.5, 0.6) is 0 Å². The van der Waals surface area contributed by atoms with Gasteiger partial charge in [-0.05, 0) is 51.0 Å². The number of amides is 1. The molecule has 0 atom stereocenters. The quantitative estimate of drug-likeness (QED) is 0.587. The number of hydrogen-bond acceptors (Lipinski definition) is 4. The Kier molecular flexibility index (Phi) is 7.18. The van der Waals surface area contributed by atoms with E-state index in [-0.39, 0.29) is 23.3 Å². The molecule has 0 unspecified atom stereocenters. The molecular formula is C15H22N2O5S. The lowest BCUT2D eigenvalue weighted by Gasteiger charge is -2.10. The van der Waals surface area contributed by atoms with E-state index >= 15 is 0 Å². The molecule has 128 valence electrons. The van der Waals surface area contributed by atoms with Crippen molar-refractivity contribution in [3.8, 4) is 0 Å². The van der Waals surface area contributed by atoms with Gasteiger partial charge in [0.05, 0.1) is 4.90 Å². The molecule has 0 fully saturated rings. The fourth-order valence-electron chi connectivity index (χ4n) is 1.87. The van der Waals surface area contributed by atoms with E-state index in [0.29, 0.717) is 24.9 Å². The van der Waals surface area contributed by atoms with E-state index in [9.17, 15) is 18.0 Å². The first-order valence-corrected chi connectivity index (χ1v) is 8.83. The molecule has 7 nitrogen and oxygen atoms in total. The van der Waals surface area contributed by atoms with E-state index in [1.165, 1.54) is 24.3 Å². The zero-order valence-corrected chi connectivity index (χ0v) is 14.0. The van der Waals surface area contributed by atoms with Gasteiger partial charge in [0.2, 0.25) is 10.0 Å². The normalized spacial score (nSPS) is 11.4. The van der Waals surface area contributed by atoms with Gasteiger partial charge in [-0.15, -0.1) is 0 Å². The van der Waals surface area contributed by atoms with Crippen LogP contribution < -0.4 is 10.0 Å². The van der Waals surface area contributed by atoms with E-state index in [1.807, 2.05) is 0 Å². The summed E-state index contributed by atoms with van der Waals surface area (Å²) < 4.78 is 26.4. The molecule has 3 N–H and O–H groups in total. The molecule has 1 aromatic rings. The second-order valence-electron chi connectivity index (χ2n) is 5.41.